The molecule has 1 aromatic heterocycles. The highest BCUT2D eigenvalue weighted by Gasteiger charge is 2.37. The summed E-state index contributed by atoms with van der Waals surface area (Å²) in [5.74, 6) is 0.844. The molecule has 4 heteroatoms. The van der Waals surface area contributed by atoms with E-state index >= 15 is 0 Å². The monoisotopic (exact) mass is 286 g/mol. The van der Waals surface area contributed by atoms with Gasteiger partial charge in [0.05, 0.1) is 16.8 Å². The molecule has 2 N–H and O–H groups in total. The summed E-state index contributed by atoms with van der Waals surface area (Å²) in [6.45, 7) is 6.66. The van der Waals surface area contributed by atoms with Crippen LogP contribution in [0, 0.1) is 0 Å². The fourth-order valence-electron chi connectivity index (χ4n) is 2.34. The van der Waals surface area contributed by atoms with Crippen LogP contribution in [0.15, 0.2) is 21.2 Å². The van der Waals surface area contributed by atoms with Gasteiger partial charge in [-0.25, -0.2) is 0 Å². The van der Waals surface area contributed by atoms with Crippen molar-refractivity contribution in [2.75, 3.05) is 13.1 Å². The van der Waals surface area contributed by atoms with E-state index in [1.165, 1.54) is 12.8 Å². The third-order valence-corrected chi connectivity index (χ3v) is 4.26. The van der Waals surface area contributed by atoms with Crippen LogP contribution in [0.4, 0.5) is 0 Å². The molecule has 1 atom stereocenters. The van der Waals surface area contributed by atoms with Gasteiger partial charge in [-0.15, -0.1) is 0 Å². The lowest BCUT2D eigenvalue weighted by atomic mass is 9.91. The molecule has 90 valence electrons. The Kier molecular flexibility index (Phi) is 3.42. The van der Waals surface area contributed by atoms with E-state index in [2.05, 4.69) is 34.7 Å². The second kappa shape index (κ2) is 4.51. The number of hydrogen-bond acceptors (Lipinski definition) is 3. The second-order valence-corrected chi connectivity index (χ2v) is 5.81. The van der Waals surface area contributed by atoms with Gasteiger partial charge in [0.2, 0.25) is 0 Å². The molecule has 0 bridgehead atoms. The number of nitrogens with zero attached hydrogens (tertiary/aromatic N) is 1. The van der Waals surface area contributed by atoms with E-state index in [4.69, 9.17) is 10.2 Å². The number of furan rings is 1. The van der Waals surface area contributed by atoms with Gasteiger partial charge in [-0.1, -0.05) is 0 Å². The highest BCUT2D eigenvalue weighted by molar-refractivity contribution is 9.10. The van der Waals surface area contributed by atoms with Crippen LogP contribution in [0.25, 0.3) is 0 Å². The predicted molar refractivity (Wildman–Crippen MR) is 68.2 cm³/mol. The first-order chi connectivity index (χ1) is 7.53. The Morgan fingerprint density at radius 2 is 2.06 bits per heavy atom. The van der Waals surface area contributed by atoms with Gasteiger partial charge in [-0.3, -0.25) is 4.90 Å². The van der Waals surface area contributed by atoms with Crippen LogP contribution in [0.3, 0.4) is 0 Å². The Bertz CT molecular complexity index is 356. The fourth-order valence-corrected chi connectivity index (χ4v) is 2.79. The average Bonchev–Trinajstić information content (AvgIpc) is 2.86. The quantitative estimate of drug-likeness (QED) is 0.929. The lowest BCUT2D eigenvalue weighted by molar-refractivity contribution is 0.114. The molecular formula is C12H19BrN2O. The SMILES string of the molecule is CC(C)(C(N)c1occc1Br)N1CCCC1. The lowest BCUT2D eigenvalue weighted by Crippen LogP contribution is -2.49. The smallest absolute Gasteiger partial charge is 0.136 e. The van der Waals surface area contributed by atoms with Crippen molar-refractivity contribution in [3.63, 3.8) is 0 Å². The van der Waals surface area contributed by atoms with Gasteiger partial charge in [0.1, 0.15) is 5.76 Å². The van der Waals surface area contributed by atoms with Gasteiger partial charge < -0.3 is 10.2 Å². The molecule has 1 saturated heterocycles. The first-order valence-electron chi connectivity index (χ1n) is 5.77. The maximum atomic E-state index is 6.33. The summed E-state index contributed by atoms with van der Waals surface area (Å²) in [6, 6.07) is 1.80. The van der Waals surface area contributed by atoms with Crippen LogP contribution in [0.2, 0.25) is 0 Å². The minimum absolute atomic E-state index is 0.0587. The van der Waals surface area contributed by atoms with Crippen LogP contribution in [-0.4, -0.2) is 23.5 Å². The molecule has 0 aliphatic carbocycles. The first kappa shape index (κ1) is 12.1. The van der Waals surface area contributed by atoms with E-state index in [0.717, 1.165) is 23.3 Å². The van der Waals surface area contributed by atoms with Gasteiger partial charge in [0.25, 0.3) is 0 Å². The lowest BCUT2D eigenvalue weighted by Gasteiger charge is -2.39. The number of likely N-dealkylation sites (tertiary alicyclic amines) is 1. The van der Waals surface area contributed by atoms with E-state index in [9.17, 15) is 0 Å². The molecule has 2 rings (SSSR count). The minimum Gasteiger partial charge on any atom is -0.466 e. The van der Waals surface area contributed by atoms with Gasteiger partial charge in [0.15, 0.2) is 0 Å². The number of nitrogens with two attached hydrogens (primary N) is 1. The largest absolute Gasteiger partial charge is 0.466 e. The van der Waals surface area contributed by atoms with Gasteiger partial charge >= 0.3 is 0 Å². The molecule has 0 spiro atoms. The summed E-state index contributed by atoms with van der Waals surface area (Å²) in [5, 5.41) is 0. The Labute approximate surface area is 105 Å². The number of halogens is 1. The Hall–Kier alpha value is -0.320. The van der Waals surface area contributed by atoms with Gasteiger partial charge in [0, 0.05) is 5.54 Å². The molecule has 0 aromatic carbocycles. The van der Waals surface area contributed by atoms with Crippen molar-refractivity contribution in [3.8, 4) is 0 Å². The zero-order valence-corrected chi connectivity index (χ0v) is 11.5. The van der Waals surface area contributed by atoms with Crippen molar-refractivity contribution in [2.45, 2.75) is 38.3 Å². The molecule has 16 heavy (non-hydrogen) atoms. The molecule has 1 aromatic rings. The average molecular weight is 287 g/mol. The Morgan fingerprint density at radius 1 is 1.44 bits per heavy atom. The summed E-state index contributed by atoms with van der Waals surface area (Å²) in [7, 11) is 0. The number of rotatable bonds is 3. The van der Waals surface area contributed by atoms with E-state index in [1.807, 2.05) is 6.07 Å². The van der Waals surface area contributed by atoms with Crippen LogP contribution in [0.1, 0.15) is 38.5 Å². The normalized spacial score (nSPS) is 20.2. The maximum absolute atomic E-state index is 6.33. The summed E-state index contributed by atoms with van der Waals surface area (Å²) < 4.78 is 6.44. The van der Waals surface area contributed by atoms with Crippen LogP contribution in [-0.2, 0) is 0 Å². The standard InChI is InChI=1S/C12H19BrN2O/c1-12(2,15-6-3-4-7-15)11(14)10-9(13)5-8-16-10/h5,8,11H,3-4,6-7,14H2,1-2H3. The van der Waals surface area contributed by atoms with Crippen molar-refractivity contribution in [1.82, 2.24) is 4.90 Å². The molecule has 1 unspecified atom stereocenters. The van der Waals surface area contributed by atoms with E-state index in [0.29, 0.717) is 0 Å². The fraction of sp³-hybridized carbons (Fsp3) is 0.667. The molecule has 1 aliphatic heterocycles. The van der Waals surface area contributed by atoms with Crippen molar-refractivity contribution in [2.24, 2.45) is 5.73 Å². The van der Waals surface area contributed by atoms with Crippen molar-refractivity contribution >= 4 is 15.9 Å². The molecule has 0 amide bonds. The number of hydrogen-bond donors (Lipinski definition) is 1. The zero-order chi connectivity index (χ0) is 11.8. The molecule has 2 heterocycles. The molecule has 0 saturated carbocycles. The van der Waals surface area contributed by atoms with E-state index in [-0.39, 0.29) is 11.6 Å². The van der Waals surface area contributed by atoms with Crippen LogP contribution in [0.5, 0.6) is 0 Å². The van der Waals surface area contributed by atoms with Crippen molar-refractivity contribution < 1.29 is 4.42 Å². The second-order valence-electron chi connectivity index (χ2n) is 4.96. The Balaban J connectivity index is 2.19. The Morgan fingerprint density at radius 3 is 2.56 bits per heavy atom. The molecule has 0 radical (unpaired) electrons. The summed E-state index contributed by atoms with van der Waals surface area (Å²) in [5.41, 5.74) is 6.27. The van der Waals surface area contributed by atoms with E-state index in [1.54, 1.807) is 6.26 Å². The highest BCUT2D eigenvalue weighted by atomic mass is 79.9. The molecule has 1 fully saturated rings. The topological polar surface area (TPSA) is 42.4 Å². The molecule has 1 aliphatic rings. The van der Waals surface area contributed by atoms with Crippen molar-refractivity contribution in [3.05, 3.63) is 22.6 Å². The van der Waals surface area contributed by atoms with Gasteiger partial charge in [-0.2, -0.15) is 0 Å². The van der Waals surface area contributed by atoms with Gasteiger partial charge in [-0.05, 0) is 61.8 Å². The molecular weight excluding hydrogens is 268 g/mol. The molecule has 3 nitrogen and oxygen atoms in total. The summed E-state index contributed by atoms with van der Waals surface area (Å²) >= 11 is 3.48. The summed E-state index contributed by atoms with van der Waals surface area (Å²) in [4.78, 5) is 2.45. The van der Waals surface area contributed by atoms with Crippen molar-refractivity contribution in [1.29, 1.82) is 0 Å². The van der Waals surface area contributed by atoms with Crippen LogP contribution >= 0.6 is 15.9 Å². The zero-order valence-electron chi connectivity index (χ0n) is 9.87. The van der Waals surface area contributed by atoms with Crippen LogP contribution < -0.4 is 5.73 Å². The minimum atomic E-state index is -0.102. The third-order valence-electron chi connectivity index (χ3n) is 3.61. The first-order valence-corrected chi connectivity index (χ1v) is 6.56. The predicted octanol–water partition coefficient (Wildman–Crippen LogP) is 2.92. The third kappa shape index (κ3) is 2.06. The highest BCUT2D eigenvalue weighted by Crippen LogP contribution is 2.35. The maximum Gasteiger partial charge on any atom is 0.136 e. The van der Waals surface area contributed by atoms with E-state index < -0.39 is 0 Å². The summed E-state index contributed by atoms with van der Waals surface area (Å²) in [6.07, 6.45) is 4.23.